The van der Waals surface area contributed by atoms with Gasteiger partial charge in [-0.2, -0.15) is 5.10 Å². The number of aromatic nitrogens is 2. The lowest BCUT2D eigenvalue weighted by atomic mass is 9.73. The lowest BCUT2D eigenvalue weighted by Crippen LogP contribution is -2.53. The van der Waals surface area contributed by atoms with Crippen molar-refractivity contribution in [2.75, 3.05) is 14.1 Å². The summed E-state index contributed by atoms with van der Waals surface area (Å²) in [5.41, 5.74) is 1.28. The SMILES string of the molecule is Cc1nn(C)c(CC(=O)C2(N(C)C)CCC(C)CC2)c1Cl. The summed E-state index contributed by atoms with van der Waals surface area (Å²) >= 11 is 6.30. The van der Waals surface area contributed by atoms with Crippen LogP contribution in [0.1, 0.15) is 44.0 Å². The number of nitrogens with zero attached hydrogens (tertiary/aromatic N) is 3. The van der Waals surface area contributed by atoms with Crippen molar-refractivity contribution < 1.29 is 4.79 Å². The third-order valence-corrected chi connectivity index (χ3v) is 5.56. The zero-order valence-corrected chi connectivity index (χ0v) is 14.5. The zero-order chi connectivity index (χ0) is 15.8. The number of rotatable bonds is 4. The minimum Gasteiger partial charge on any atom is -0.297 e. The van der Waals surface area contributed by atoms with Gasteiger partial charge in [-0.1, -0.05) is 18.5 Å². The van der Waals surface area contributed by atoms with Gasteiger partial charge in [0.25, 0.3) is 0 Å². The Balaban J connectivity index is 2.24. The smallest absolute Gasteiger partial charge is 0.159 e. The molecule has 2 rings (SSSR count). The van der Waals surface area contributed by atoms with E-state index in [0.29, 0.717) is 17.4 Å². The van der Waals surface area contributed by atoms with E-state index in [1.807, 2.05) is 28.1 Å². The van der Waals surface area contributed by atoms with E-state index in [9.17, 15) is 4.79 Å². The van der Waals surface area contributed by atoms with E-state index in [1.54, 1.807) is 4.68 Å². The molecule has 1 saturated carbocycles. The summed E-state index contributed by atoms with van der Waals surface area (Å²) in [6.07, 6.45) is 4.47. The Kier molecular flexibility index (Phi) is 4.79. The molecule has 0 aromatic carbocycles. The fourth-order valence-corrected chi connectivity index (χ4v) is 3.63. The molecule has 0 saturated heterocycles. The molecule has 1 aliphatic carbocycles. The number of hydrogen-bond acceptors (Lipinski definition) is 3. The van der Waals surface area contributed by atoms with Gasteiger partial charge < -0.3 is 0 Å². The summed E-state index contributed by atoms with van der Waals surface area (Å²) in [4.78, 5) is 15.1. The van der Waals surface area contributed by atoms with Gasteiger partial charge in [0.15, 0.2) is 5.78 Å². The number of aryl methyl sites for hydroxylation is 2. The van der Waals surface area contributed by atoms with Gasteiger partial charge in [0.1, 0.15) is 0 Å². The molecular weight excluding hydrogens is 286 g/mol. The van der Waals surface area contributed by atoms with E-state index >= 15 is 0 Å². The number of ketones is 1. The van der Waals surface area contributed by atoms with Crippen LogP contribution >= 0.6 is 11.6 Å². The summed E-state index contributed by atoms with van der Waals surface area (Å²) in [6, 6.07) is 0. The predicted molar refractivity (Wildman–Crippen MR) is 85.7 cm³/mol. The minimum atomic E-state index is -0.339. The quantitative estimate of drug-likeness (QED) is 0.858. The Bertz CT molecular complexity index is 528. The predicted octanol–water partition coefficient (Wildman–Crippen LogP) is 3.00. The van der Waals surface area contributed by atoms with Crippen LogP contribution in [0.3, 0.4) is 0 Å². The van der Waals surface area contributed by atoms with Crippen LogP contribution in [0.15, 0.2) is 0 Å². The first kappa shape index (κ1) is 16.5. The molecule has 0 atom stereocenters. The lowest BCUT2D eigenvalue weighted by molar-refractivity contribution is -0.131. The second kappa shape index (κ2) is 6.09. The largest absolute Gasteiger partial charge is 0.297 e. The van der Waals surface area contributed by atoms with Crippen molar-refractivity contribution in [3.8, 4) is 0 Å². The van der Waals surface area contributed by atoms with Gasteiger partial charge in [-0.3, -0.25) is 14.4 Å². The second-order valence-electron chi connectivity index (χ2n) is 6.68. The first-order chi connectivity index (χ1) is 9.78. The van der Waals surface area contributed by atoms with E-state index in [-0.39, 0.29) is 11.3 Å². The van der Waals surface area contributed by atoms with Crippen LogP contribution in [-0.2, 0) is 18.3 Å². The van der Waals surface area contributed by atoms with Crippen LogP contribution < -0.4 is 0 Å². The second-order valence-corrected chi connectivity index (χ2v) is 7.06. The highest BCUT2D eigenvalue weighted by Gasteiger charge is 2.42. The van der Waals surface area contributed by atoms with Crippen LogP contribution in [0.4, 0.5) is 0 Å². The molecular formula is C16H26ClN3O. The molecule has 1 aliphatic rings. The molecule has 1 fully saturated rings. The molecule has 5 heteroatoms. The third-order valence-electron chi connectivity index (χ3n) is 5.07. The zero-order valence-electron chi connectivity index (χ0n) is 13.7. The Morgan fingerprint density at radius 2 is 2.00 bits per heavy atom. The average molecular weight is 312 g/mol. The van der Waals surface area contributed by atoms with Gasteiger partial charge in [-0.25, -0.2) is 0 Å². The highest BCUT2D eigenvalue weighted by Crippen LogP contribution is 2.37. The Morgan fingerprint density at radius 3 is 2.43 bits per heavy atom. The van der Waals surface area contributed by atoms with Gasteiger partial charge in [0.05, 0.1) is 28.4 Å². The van der Waals surface area contributed by atoms with Crippen molar-refractivity contribution >= 4 is 17.4 Å². The summed E-state index contributed by atoms with van der Waals surface area (Å²) in [6.45, 7) is 4.14. The van der Waals surface area contributed by atoms with Crippen molar-refractivity contribution in [3.63, 3.8) is 0 Å². The maximum Gasteiger partial charge on any atom is 0.159 e. The highest BCUT2D eigenvalue weighted by atomic mass is 35.5. The Morgan fingerprint density at radius 1 is 1.43 bits per heavy atom. The Labute approximate surface area is 132 Å². The molecule has 1 aromatic rings. The number of Topliss-reactive ketones (excluding diaryl/α,β-unsaturated/α-hetero) is 1. The van der Waals surface area contributed by atoms with E-state index in [2.05, 4.69) is 16.9 Å². The molecule has 1 heterocycles. The first-order valence-electron chi connectivity index (χ1n) is 7.66. The summed E-state index contributed by atoms with van der Waals surface area (Å²) in [5.74, 6) is 0.984. The van der Waals surface area contributed by atoms with Gasteiger partial charge in [-0.05, 0) is 52.6 Å². The molecule has 0 bridgehead atoms. The topological polar surface area (TPSA) is 38.1 Å². The number of carbonyl (C=O) groups excluding carboxylic acids is 1. The standard InChI is InChI=1S/C16H26ClN3O/c1-11-6-8-16(9-7-11,19(3)4)14(21)10-13-15(17)12(2)18-20(13)5/h11H,6-10H2,1-5H3. The van der Waals surface area contributed by atoms with E-state index in [4.69, 9.17) is 11.6 Å². The van der Waals surface area contributed by atoms with Crippen molar-refractivity contribution in [3.05, 3.63) is 16.4 Å². The lowest BCUT2D eigenvalue weighted by Gasteiger charge is -2.43. The fraction of sp³-hybridized carbons (Fsp3) is 0.750. The van der Waals surface area contributed by atoms with Crippen LogP contribution in [0.5, 0.6) is 0 Å². The number of hydrogen-bond donors (Lipinski definition) is 0. The summed E-state index contributed by atoms with van der Waals surface area (Å²) < 4.78 is 1.74. The molecule has 0 unspecified atom stereocenters. The van der Waals surface area contributed by atoms with E-state index in [0.717, 1.165) is 37.1 Å². The highest BCUT2D eigenvalue weighted by molar-refractivity contribution is 6.32. The van der Waals surface area contributed by atoms with E-state index < -0.39 is 0 Å². The van der Waals surface area contributed by atoms with Gasteiger partial charge in [-0.15, -0.1) is 0 Å². The summed E-state index contributed by atoms with van der Waals surface area (Å²) in [5, 5.41) is 4.94. The molecule has 0 amide bonds. The molecule has 0 N–H and O–H groups in total. The normalized spacial score (nSPS) is 26.3. The monoisotopic (exact) mass is 311 g/mol. The first-order valence-corrected chi connectivity index (χ1v) is 8.04. The number of likely N-dealkylation sites (N-methyl/N-ethyl adjacent to an activating group) is 1. The maximum absolute atomic E-state index is 13.0. The molecule has 1 aromatic heterocycles. The molecule has 0 aliphatic heterocycles. The van der Waals surface area contributed by atoms with Gasteiger partial charge in [0, 0.05) is 7.05 Å². The number of carbonyl (C=O) groups is 1. The summed E-state index contributed by atoms with van der Waals surface area (Å²) in [7, 11) is 5.89. The minimum absolute atomic E-state index is 0.268. The van der Waals surface area contributed by atoms with Gasteiger partial charge in [0.2, 0.25) is 0 Å². The van der Waals surface area contributed by atoms with Crippen molar-refractivity contribution in [1.82, 2.24) is 14.7 Å². The van der Waals surface area contributed by atoms with Crippen LogP contribution in [-0.4, -0.2) is 40.1 Å². The molecule has 118 valence electrons. The third kappa shape index (κ3) is 3.02. The van der Waals surface area contributed by atoms with Crippen molar-refractivity contribution in [2.24, 2.45) is 13.0 Å². The van der Waals surface area contributed by atoms with Crippen molar-refractivity contribution in [2.45, 2.75) is 51.5 Å². The van der Waals surface area contributed by atoms with Crippen LogP contribution in [0.25, 0.3) is 0 Å². The molecule has 0 spiro atoms. The van der Waals surface area contributed by atoms with E-state index in [1.165, 1.54) is 0 Å². The Hall–Kier alpha value is -0.870. The molecule has 0 radical (unpaired) electrons. The van der Waals surface area contributed by atoms with Crippen LogP contribution in [0.2, 0.25) is 5.02 Å². The van der Waals surface area contributed by atoms with Crippen molar-refractivity contribution in [1.29, 1.82) is 0 Å². The fourth-order valence-electron chi connectivity index (χ4n) is 3.40. The number of halogens is 1. The molecule has 4 nitrogen and oxygen atoms in total. The van der Waals surface area contributed by atoms with Gasteiger partial charge >= 0.3 is 0 Å². The average Bonchev–Trinajstić information content (AvgIpc) is 2.66. The molecule has 21 heavy (non-hydrogen) atoms. The maximum atomic E-state index is 13.0. The van der Waals surface area contributed by atoms with Crippen LogP contribution in [0, 0.1) is 12.8 Å².